The van der Waals surface area contributed by atoms with Crippen LogP contribution in [0.15, 0.2) is 54.7 Å². The molecule has 13 heteroatoms. The topological polar surface area (TPSA) is 158 Å². The minimum absolute atomic E-state index is 0.00604. The number of carboxylic acids is 1. The monoisotopic (exact) mass is 601 g/mol. The van der Waals surface area contributed by atoms with Crippen molar-refractivity contribution in [3.63, 3.8) is 0 Å². The number of fused-ring (bicyclic) bond motifs is 3. The lowest BCUT2D eigenvalue weighted by Gasteiger charge is -2.30. The first-order chi connectivity index (χ1) is 20.1. The van der Waals surface area contributed by atoms with Gasteiger partial charge in [-0.1, -0.05) is 36.4 Å². The minimum Gasteiger partial charge on any atom is -0.475 e. The highest BCUT2D eigenvalue weighted by atomic mass is 19.4. The number of rotatable bonds is 5. The molecule has 5 rings (SSSR count). The van der Waals surface area contributed by atoms with Gasteiger partial charge in [-0.2, -0.15) is 13.2 Å². The number of benzene rings is 2. The number of aromatic amines is 1. The van der Waals surface area contributed by atoms with Crippen molar-refractivity contribution in [1.29, 1.82) is 0 Å². The normalized spacial score (nSPS) is 19.1. The second-order valence-corrected chi connectivity index (χ2v) is 11.4. The predicted octanol–water partition coefficient (Wildman–Crippen LogP) is 3.47. The molecule has 2 aliphatic rings. The number of carbonyl (C=O) groups is 4. The number of aliphatic carboxylic acids is 1. The van der Waals surface area contributed by atoms with Gasteiger partial charge in [-0.05, 0) is 56.4 Å². The Morgan fingerprint density at radius 3 is 2.40 bits per heavy atom. The molecule has 6 N–H and O–H groups in total. The van der Waals surface area contributed by atoms with E-state index in [9.17, 15) is 27.6 Å². The summed E-state index contributed by atoms with van der Waals surface area (Å²) in [5.74, 6) is -3.28. The summed E-state index contributed by atoms with van der Waals surface area (Å²) in [6, 6.07) is 14.9. The molecule has 1 spiro atoms. The third-order valence-corrected chi connectivity index (χ3v) is 7.81. The van der Waals surface area contributed by atoms with Crippen LogP contribution in [0.4, 0.5) is 18.9 Å². The first-order valence-corrected chi connectivity index (χ1v) is 13.8. The summed E-state index contributed by atoms with van der Waals surface area (Å²) in [6.45, 7) is 4.22. The molecule has 230 valence electrons. The van der Waals surface area contributed by atoms with Crippen molar-refractivity contribution in [2.75, 3.05) is 18.4 Å². The number of halogens is 3. The molecule has 2 aromatic carbocycles. The van der Waals surface area contributed by atoms with Gasteiger partial charge in [-0.15, -0.1) is 0 Å². The van der Waals surface area contributed by atoms with E-state index in [0.29, 0.717) is 38.8 Å². The van der Waals surface area contributed by atoms with Crippen LogP contribution in [-0.4, -0.2) is 69.5 Å². The number of hydrogen-bond donors (Lipinski definition) is 5. The Balaban J connectivity index is 0.000000541. The van der Waals surface area contributed by atoms with Crippen molar-refractivity contribution in [1.82, 2.24) is 15.2 Å². The zero-order chi connectivity index (χ0) is 31.6. The number of carboxylic acid groups (broad SMARTS) is 1. The summed E-state index contributed by atoms with van der Waals surface area (Å²) in [6.07, 6.45) is -0.937. The fourth-order valence-electron chi connectivity index (χ4n) is 5.51. The van der Waals surface area contributed by atoms with Crippen molar-refractivity contribution in [3.8, 4) is 0 Å². The van der Waals surface area contributed by atoms with Crippen LogP contribution in [0.1, 0.15) is 44.2 Å². The lowest BCUT2D eigenvalue weighted by Crippen LogP contribution is -2.57. The maximum Gasteiger partial charge on any atom is 0.490 e. The molecular weight excluding hydrogens is 567 g/mol. The second kappa shape index (κ2) is 12.1. The van der Waals surface area contributed by atoms with E-state index in [0.717, 1.165) is 27.7 Å². The number of anilines is 1. The highest BCUT2D eigenvalue weighted by Crippen LogP contribution is 2.44. The van der Waals surface area contributed by atoms with E-state index in [2.05, 4.69) is 15.6 Å². The van der Waals surface area contributed by atoms with Crippen LogP contribution in [0.25, 0.3) is 10.9 Å². The molecule has 2 atom stereocenters. The lowest BCUT2D eigenvalue weighted by molar-refractivity contribution is -0.192. The van der Waals surface area contributed by atoms with E-state index < -0.39 is 29.1 Å². The fourth-order valence-corrected chi connectivity index (χ4v) is 5.51. The highest BCUT2D eigenvalue weighted by molar-refractivity contribution is 6.06. The molecule has 0 aliphatic carbocycles. The van der Waals surface area contributed by atoms with Crippen molar-refractivity contribution in [2.24, 2.45) is 5.73 Å². The summed E-state index contributed by atoms with van der Waals surface area (Å²) in [7, 11) is 0. The van der Waals surface area contributed by atoms with E-state index in [-0.39, 0.29) is 17.7 Å². The average molecular weight is 602 g/mol. The van der Waals surface area contributed by atoms with Crippen LogP contribution in [0.5, 0.6) is 0 Å². The first-order valence-electron chi connectivity index (χ1n) is 13.8. The van der Waals surface area contributed by atoms with Crippen molar-refractivity contribution in [2.45, 2.75) is 62.7 Å². The quantitative estimate of drug-likeness (QED) is 0.301. The maximum atomic E-state index is 13.9. The van der Waals surface area contributed by atoms with Gasteiger partial charge in [-0.3, -0.25) is 14.4 Å². The smallest absolute Gasteiger partial charge is 0.475 e. The molecule has 1 saturated heterocycles. The molecule has 43 heavy (non-hydrogen) atoms. The Hall–Kier alpha value is -4.39. The third-order valence-electron chi connectivity index (χ3n) is 7.81. The van der Waals surface area contributed by atoms with Crippen LogP contribution in [0.3, 0.4) is 0 Å². The molecule has 3 amide bonds. The zero-order valence-electron chi connectivity index (χ0n) is 23.8. The van der Waals surface area contributed by atoms with Crippen molar-refractivity contribution >= 4 is 40.3 Å². The molecule has 3 heterocycles. The Morgan fingerprint density at radius 1 is 1.07 bits per heavy atom. The first kappa shape index (κ1) is 31.5. The number of para-hydroxylation sites is 2. The number of H-pyrrole nitrogens is 1. The van der Waals surface area contributed by atoms with Crippen LogP contribution >= 0.6 is 0 Å². The van der Waals surface area contributed by atoms with Crippen molar-refractivity contribution < 1.29 is 37.5 Å². The van der Waals surface area contributed by atoms with Crippen molar-refractivity contribution in [3.05, 3.63) is 65.9 Å². The molecule has 0 unspecified atom stereocenters. The van der Waals surface area contributed by atoms with Gasteiger partial charge < -0.3 is 31.4 Å². The van der Waals surface area contributed by atoms with Crippen LogP contribution in [0.2, 0.25) is 0 Å². The fraction of sp³-hybridized carbons (Fsp3) is 0.400. The summed E-state index contributed by atoms with van der Waals surface area (Å²) in [5, 5.41) is 14.1. The number of alkyl halides is 3. The number of nitrogens with two attached hydrogens (primary N) is 1. The van der Waals surface area contributed by atoms with Gasteiger partial charge in [0.25, 0.3) is 0 Å². The SMILES string of the molecule is CC(C)(N)C(=O)N[C@H](Cc1c[nH]c2ccccc12)C(=O)N1CCC[C@]2(CC1)C(=O)Nc1ccccc12.O=C(O)C(F)(F)F. The second-order valence-electron chi connectivity index (χ2n) is 11.4. The summed E-state index contributed by atoms with van der Waals surface area (Å²) in [5.41, 5.74) is 8.11. The molecule has 1 aromatic heterocycles. The number of amides is 3. The van der Waals surface area contributed by atoms with E-state index in [1.807, 2.05) is 54.7 Å². The molecule has 0 saturated carbocycles. The highest BCUT2D eigenvalue weighted by Gasteiger charge is 2.47. The molecule has 0 bridgehead atoms. The molecule has 2 aliphatic heterocycles. The van der Waals surface area contributed by atoms with E-state index in [1.54, 1.807) is 18.7 Å². The van der Waals surface area contributed by atoms with Crippen LogP contribution in [0, 0.1) is 0 Å². The molecule has 1 fully saturated rings. The van der Waals surface area contributed by atoms with Crippen LogP contribution in [-0.2, 0) is 31.0 Å². The zero-order valence-corrected chi connectivity index (χ0v) is 23.8. The Kier molecular flexibility index (Phi) is 8.86. The number of aromatic nitrogens is 1. The number of likely N-dealkylation sites (tertiary alicyclic amines) is 1. The van der Waals surface area contributed by atoms with Gasteiger partial charge in [0.05, 0.1) is 11.0 Å². The number of nitrogens with zero attached hydrogens (tertiary/aromatic N) is 1. The van der Waals surface area contributed by atoms with Gasteiger partial charge >= 0.3 is 12.1 Å². The summed E-state index contributed by atoms with van der Waals surface area (Å²) < 4.78 is 31.7. The van der Waals surface area contributed by atoms with Gasteiger partial charge in [0.15, 0.2) is 0 Å². The average Bonchev–Trinajstić information content (AvgIpc) is 3.36. The lowest BCUT2D eigenvalue weighted by atomic mass is 9.75. The molecular formula is C30H34F3N5O5. The number of hydrogen-bond acceptors (Lipinski definition) is 5. The molecule has 10 nitrogen and oxygen atoms in total. The third kappa shape index (κ3) is 6.82. The van der Waals surface area contributed by atoms with E-state index >= 15 is 0 Å². The number of nitrogens with one attached hydrogen (secondary N) is 3. The van der Waals surface area contributed by atoms with Gasteiger partial charge in [-0.25, -0.2) is 4.79 Å². The Bertz CT molecular complexity index is 1530. The maximum absolute atomic E-state index is 13.9. The largest absolute Gasteiger partial charge is 0.490 e. The number of carbonyl (C=O) groups excluding carboxylic acids is 3. The standard InChI is InChI=1S/C28H33N5O3.C2HF3O2/c1-27(2,29)25(35)32-23(16-18-17-30-21-10-5-3-8-19(18)21)24(34)33-14-7-12-28(13-15-33)20-9-4-6-11-22(20)31-26(28)36;3-2(4,5)1(6)7/h3-6,8-11,17,23,30H,7,12-16,29H2,1-2H3,(H,31,36)(H,32,35);(H,6,7)/t23-,28-;/m1./s1. The van der Waals surface area contributed by atoms with Gasteiger partial charge in [0.1, 0.15) is 6.04 Å². The Labute approximate surface area is 245 Å². The molecule has 3 aromatic rings. The summed E-state index contributed by atoms with van der Waals surface area (Å²) in [4.78, 5) is 53.7. The summed E-state index contributed by atoms with van der Waals surface area (Å²) >= 11 is 0. The minimum atomic E-state index is -5.08. The molecule has 0 radical (unpaired) electrons. The predicted molar refractivity (Wildman–Crippen MR) is 153 cm³/mol. The van der Waals surface area contributed by atoms with E-state index in [4.69, 9.17) is 15.6 Å². The van der Waals surface area contributed by atoms with Crippen LogP contribution < -0.4 is 16.4 Å². The Morgan fingerprint density at radius 2 is 1.72 bits per heavy atom. The van der Waals surface area contributed by atoms with Gasteiger partial charge in [0, 0.05) is 42.3 Å². The van der Waals surface area contributed by atoms with Gasteiger partial charge in [0.2, 0.25) is 17.7 Å². The van der Waals surface area contributed by atoms with E-state index in [1.165, 1.54) is 0 Å².